The molecule has 1 atom stereocenters. The molecule has 0 radical (unpaired) electrons. The van der Waals surface area contributed by atoms with Crippen molar-refractivity contribution in [1.82, 2.24) is 9.80 Å². The Morgan fingerprint density at radius 1 is 1.15 bits per heavy atom. The molecule has 1 aromatic rings. The van der Waals surface area contributed by atoms with E-state index in [4.69, 9.17) is 5.11 Å². The highest BCUT2D eigenvalue weighted by Gasteiger charge is 2.43. The van der Waals surface area contributed by atoms with Gasteiger partial charge in [0.15, 0.2) is 17.5 Å². The Balaban J connectivity index is 1.79. The SMILES string of the molecule is O=C1CC[C@]2(CCCN(C(=O)c3ccc(F)c(F)c3F)C2)CN1CCO. The van der Waals surface area contributed by atoms with Gasteiger partial charge in [0.05, 0.1) is 12.2 Å². The Hall–Kier alpha value is -2.09. The third kappa shape index (κ3) is 3.42. The van der Waals surface area contributed by atoms with Gasteiger partial charge in [-0.05, 0) is 31.4 Å². The number of halogens is 3. The van der Waals surface area contributed by atoms with E-state index >= 15 is 0 Å². The topological polar surface area (TPSA) is 60.9 Å². The van der Waals surface area contributed by atoms with Gasteiger partial charge >= 0.3 is 0 Å². The maximum Gasteiger partial charge on any atom is 0.256 e. The van der Waals surface area contributed by atoms with Gasteiger partial charge in [0.25, 0.3) is 5.91 Å². The van der Waals surface area contributed by atoms with Crippen LogP contribution in [0.4, 0.5) is 13.2 Å². The van der Waals surface area contributed by atoms with Crippen LogP contribution in [0.2, 0.25) is 0 Å². The molecule has 0 unspecified atom stereocenters. The Kier molecular flexibility index (Phi) is 5.22. The van der Waals surface area contributed by atoms with E-state index in [2.05, 4.69) is 0 Å². The monoisotopic (exact) mass is 370 g/mol. The molecule has 5 nitrogen and oxygen atoms in total. The maximum atomic E-state index is 14.0. The van der Waals surface area contributed by atoms with Gasteiger partial charge in [-0.1, -0.05) is 0 Å². The van der Waals surface area contributed by atoms with Crippen LogP contribution in [-0.4, -0.2) is 59.5 Å². The molecule has 2 aliphatic rings. The average Bonchev–Trinajstić information content (AvgIpc) is 2.63. The lowest BCUT2D eigenvalue weighted by molar-refractivity contribution is -0.139. The molecule has 0 aromatic heterocycles. The van der Waals surface area contributed by atoms with Gasteiger partial charge in [0.2, 0.25) is 5.91 Å². The van der Waals surface area contributed by atoms with E-state index in [0.29, 0.717) is 38.9 Å². The Labute approximate surface area is 149 Å². The fraction of sp³-hybridized carbons (Fsp3) is 0.556. The molecular weight excluding hydrogens is 349 g/mol. The normalized spacial score (nSPS) is 23.6. The van der Waals surface area contributed by atoms with Crippen LogP contribution in [0.5, 0.6) is 0 Å². The van der Waals surface area contributed by atoms with E-state index in [1.165, 1.54) is 4.90 Å². The van der Waals surface area contributed by atoms with Gasteiger partial charge in [-0.2, -0.15) is 0 Å². The first-order valence-corrected chi connectivity index (χ1v) is 8.68. The van der Waals surface area contributed by atoms with Crippen molar-refractivity contribution >= 4 is 11.8 Å². The molecule has 1 N–H and O–H groups in total. The molecule has 26 heavy (non-hydrogen) atoms. The molecular formula is C18H21F3N2O3. The number of β-amino-alcohol motifs (C(OH)–C–C–N with tert-alkyl or cyclic N) is 1. The van der Waals surface area contributed by atoms with E-state index in [0.717, 1.165) is 18.6 Å². The van der Waals surface area contributed by atoms with Gasteiger partial charge in [0.1, 0.15) is 0 Å². The zero-order valence-corrected chi connectivity index (χ0v) is 14.3. The first kappa shape index (κ1) is 18.7. The molecule has 3 rings (SSSR count). The number of aliphatic hydroxyl groups excluding tert-OH is 1. The Bertz CT molecular complexity index is 728. The minimum absolute atomic E-state index is 0.0280. The molecule has 0 aliphatic carbocycles. The lowest BCUT2D eigenvalue weighted by atomic mass is 9.73. The van der Waals surface area contributed by atoms with Crippen LogP contribution in [0, 0.1) is 22.9 Å². The minimum Gasteiger partial charge on any atom is -0.395 e. The molecule has 2 fully saturated rings. The molecule has 2 heterocycles. The lowest BCUT2D eigenvalue weighted by Crippen LogP contribution is -2.55. The van der Waals surface area contributed by atoms with E-state index in [9.17, 15) is 22.8 Å². The summed E-state index contributed by atoms with van der Waals surface area (Å²) < 4.78 is 40.5. The Morgan fingerprint density at radius 3 is 2.65 bits per heavy atom. The second-order valence-electron chi connectivity index (χ2n) is 7.09. The van der Waals surface area contributed by atoms with Gasteiger partial charge in [-0.3, -0.25) is 9.59 Å². The highest BCUT2D eigenvalue weighted by molar-refractivity contribution is 5.94. The van der Waals surface area contributed by atoms with E-state index in [1.54, 1.807) is 4.90 Å². The predicted molar refractivity (Wildman–Crippen MR) is 86.8 cm³/mol. The van der Waals surface area contributed by atoms with Crippen LogP contribution in [0.1, 0.15) is 36.0 Å². The summed E-state index contributed by atoms with van der Waals surface area (Å²) in [6, 6.07) is 1.70. The first-order chi connectivity index (χ1) is 12.4. The summed E-state index contributed by atoms with van der Waals surface area (Å²) in [5, 5.41) is 9.12. The van der Waals surface area contributed by atoms with Crippen LogP contribution < -0.4 is 0 Å². The number of hydrogen-bond acceptors (Lipinski definition) is 3. The van der Waals surface area contributed by atoms with Crippen LogP contribution in [0.25, 0.3) is 0 Å². The van der Waals surface area contributed by atoms with Crippen LogP contribution in [0.3, 0.4) is 0 Å². The lowest BCUT2D eigenvalue weighted by Gasteiger charge is -2.48. The fourth-order valence-electron chi connectivity index (χ4n) is 4.00. The van der Waals surface area contributed by atoms with Gasteiger partial charge in [-0.25, -0.2) is 13.2 Å². The van der Waals surface area contributed by atoms with Crippen LogP contribution in [0.15, 0.2) is 12.1 Å². The average molecular weight is 370 g/mol. The summed E-state index contributed by atoms with van der Waals surface area (Å²) in [4.78, 5) is 27.7. The second kappa shape index (κ2) is 7.26. The maximum absolute atomic E-state index is 14.0. The number of carbonyl (C=O) groups excluding carboxylic acids is 2. The summed E-state index contributed by atoms with van der Waals surface area (Å²) in [6.45, 7) is 1.25. The molecule has 8 heteroatoms. The third-order valence-corrected chi connectivity index (χ3v) is 5.33. The highest BCUT2D eigenvalue weighted by Crippen LogP contribution is 2.39. The quantitative estimate of drug-likeness (QED) is 0.828. The predicted octanol–water partition coefficient (Wildman–Crippen LogP) is 1.94. The van der Waals surface area contributed by atoms with E-state index < -0.39 is 28.9 Å². The second-order valence-corrected chi connectivity index (χ2v) is 7.09. The summed E-state index contributed by atoms with van der Waals surface area (Å²) >= 11 is 0. The van der Waals surface area contributed by atoms with Crippen molar-refractivity contribution in [2.24, 2.45) is 5.41 Å². The van der Waals surface area contributed by atoms with Crippen molar-refractivity contribution in [3.63, 3.8) is 0 Å². The minimum atomic E-state index is -1.65. The zero-order chi connectivity index (χ0) is 18.9. The zero-order valence-electron chi connectivity index (χ0n) is 14.3. The number of piperidine rings is 2. The van der Waals surface area contributed by atoms with Gasteiger partial charge in [0, 0.05) is 38.0 Å². The summed E-state index contributed by atoms with van der Waals surface area (Å²) in [6.07, 6.45) is 2.43. The van der Waals surface area contributed by atoms with Crippen molar-refractivity contribution in [3.05, 3.63) is 35.1 Å². The van der Waals surface area contributed by atoms with Crippen molar-refractivity contribution in [1.29, 1.82) is 0 Å². The van der Waals surface area contributed by atoms with Crippen LogP contribution in [-0.2, 0) is 4.79 Å². The number of aliphatic hydroxyl groups is 1. The van der Waals surface area contributed by atoms with Crippen molar-refractivity contribution in [2.45, 2.75) is 25.7 Å². The molecule has 2 amide bonds. The van der Waals surface area contributed by atoms with Crippen molar-refractivity contribution < 1.29 is 27.9 Å². The Morgan fingerprint density at radius 2 is 1.92 bits per heavy atom. The number of carbonyl (C=O) groups is 2. The third-order valence-electron chi connectivity index (χ3n) is 5.33. The summed E-state index contributed by atoms with van der Waals surface area (Å²) in [5.74, 6) is -5.17. The highest BCUT2D eigenvalue weighted by atomic mass is 19.2. The molecule has 1 spiro atoms. The number of rotatable bonds is 3. The van der Waals surface area contributed by atoms with E-state index in [-0.39, 0.29) is 24.5 Å². The molecule has 2 aliphatic heterocycles. The summed E-state index contributed by atoms with van der Waals surface area (Å²) in [5.41, 5.74) is -0.800. The van der Waals surface area contributed by atoms with Crippen molar-refractivity contribution in [2.75, 3.05) is 32.8 Å². The van der Waals surface area contributed by atoms with Crippen LogP contribution >= 0.6 is 0 Å². The molecule has 0 bridgehead atoms. The van der Waals surface area contributed by atoms with Crippen molar-refractivity contribution in [3.8, 4) is 0 Å². The fourth-order valence-corrected chi connectivity index (χ4v) is 4.00. The molecule has 2 saturated heterocycles. The molecule has 142 valence electrons. The number of benzene rings is 1. The molecule has 0 saturated carbocycles. The molecule has 1 aromatic carbocycles. The first-order valence-electron chi connectivity index (χ1n) is 8.68. The largest absolute Gasteiger partial charge is 0.395 e. The van der Waals surface area contributed by atoms with E-state index in [1.807, 2.05) is 0 Å². The summed E-state index contributed by atoms with van der Waals surface area (Å²) in [7, 11) is 0. The van der Waals surface area contributed by atoms with Gasteiger partial charge in [-0.15, -0.1) is 0 Å². The standard InChI is InChI=1S/C18H21F3N2O3/c19-13-3-2-12(15(20)16(13)21)17(26)23-7-1-5-18(11-23)6-4-14(25)22(10-18)8-9-24/h2-3,24H,1,4-11H2/t18-/m1/s1. The number of amides is 2. The number of likely N-dealkylation sites (tertiary alicyclic amines) is 2. The van der Waals surface area contributed by atoms with Gasteiger partial charge < -0.3 is 14.9 Å². The number of nitrogens with zero attached hydrogens (tertiary/aromatic N) is 2. The smallest absolute Gasteiger partial charge is 0.256 e. The number of hydrogen-bond donors (Lipinski definition) is 1.